The van der Waals surface area contributed by atoms with E-state index >= 15 is 0 Å². The number of halogens is 1. The monoisotopic (exact) mass is 305 g/mol. The molecule has 4 heteroatoms. The van der Waals surface area contributed by atoms with Crippen LogP contribution in [0.15, 0.2) is 54.6 Å². The lowest BCUT2D eigenvalue weighted by atomic mass is 10.1. The van der Waals surface area contributed by atoms with Crippen LogP contribution >= 0.6 is 12.4 Å². The highest BCUT2D eigenvalue weighted by Gasteiger charge is 2.12. The number of ketones is 1. The van der Waals surface area contributed by atoms with Crippen molar-refractivity contribution in [2.75, 3.05) is 13.1 Å². The Bertz CT molecular complexity index is 572. The van der Waals surface area contributed by atoms with Gasteiger partial charge in [0.2, 0.25) is 0 Å². The average Bonchev–Trinajstić information content (AvgIpc) is 2.47. The molecule has 2 aromatic rings. The van der Waals surface area contributed by atoms with E-state index in [2.05, 4.69) is 17.0 Å². The van der Waals surface area contributed by atoms with Gasteiger partial charge >= 0.3 is 0 Å². The molecule has 1 N–H and O–H groups in total. The molecule has 0 saturated carbocycles. The van der Waals surface area contributed by atoms with Gasteiger partial charge < -0.3 is 5.11 Å². The van der Waals surface area contributed by atoms with Crippen molar-refractivity contribution in [3.8, 4) is 5.75 Å². The van der Waals surface area contributed by atoms with Crippen molar-refractivity contribution in [1.82, 2.24) is 4.90 Å². The van der Waals surface area contributed by atoms with Crippen LogP contribution in [0.5, 0.6) is 5.75 Å². The third-order valence-corrected chi connectivity index (χ3v) is 3.23. The molecule has 0 aromatic heterocycles. The van der Waals surface area contributed by atoms with Gasteiger partial charge in [0.05, 0.1) is 6.54 Å². The van der Waals surface area contributed by atoms with Crippen LogP contribution in [0.3, 0.4) is 0 Å². The fraction of sp³-hybridized carbons (Fsp3) is 0.235. The molecule has 0 fully saturated rings. The minimum absolute atomic E-state index is 0. The maximum Gasteiger partial charge on any atom is 0.176 e. The van der Waals surface area contributed by atoms with E-state index in [1.807, 2.05) is 25.1 Å². The predicted octanol–water partition coefficient (Wildman–Crippen LogP) is 3.52. The number of phenols is 1. The molecule has 0 amide bonds. The van der Waals surface area contributed by atoms with Gasteiger partial charge in [0.15, 0.2) is 5.78 Å². The fourth-order valence-corrected chi connectivity index (χ4v) is 2.09. The number of carbonyl (C=O) groups excluding carboxylic acids is 1. The zero-order chi connectivity index (χ0) is 14.4. The SMILES string of the molecule is CCN(CC(=O)c1cccc(O)c1)Cc1ccccc1.Cl. The largest absolute Gasteiger partial charge is 0.508 e. The highest BCUT2D eigenvalue weighted by atomic mass is 35.5. The molecule has 0 bridgehead atoms. The van der Waals surface area contributed by atoms with E-state index in [4.69, 9.17) is 0 Å². The van der Waals surface area contributed by atoms with E-state index in [-0.39, 0.29) is 23.9 Å². The maximum absolute atomic E-state index is 12.2. The number of aromatic hydroxyl groups is 1. The van der Waals surface area contributed by atoms with Gasteiger partial charge in [-0.25, -0.2) is 0 Å². The van der Waals surface area contributed by atoms with Crippen LogP contribution in [0.25, 0.3) is 0 Å². The maximum atomic E-state index is 12.2. The summed E-state index contributed by atoms with van der Waals surface area (Å²) in [6, 6.07) is 16.6. The second-order valence-corrected chi connectivity index (χ2v) is 4.76. The number of phenolic OH excluding ortho intramolecular Hbond substituents is 1. The lowest BCUT2D eigenvalue weighted by Gasteiger charge is -2.19. The van der Waals surface area contributed by atoms with Crippen LogP contribution in [0.4, 0.5) is 0 Å². The summed E-state index contributed by atoms with van der Waals surface area (Å²) in [4.78, 5) is 14.3. The summed E-state index contributed by atoms with van der Waals surface area (Å²) < 4.78 is 0. The minimum Gasteiger partial charge on any atom is -0.508 e. The Morgan fingerprint density at radius 3 is 2.43 bits per heavy atom. The smallest absolute Gasteiger partial charge is 0.176 e. The lowest BCUT2D eigenvalue weighted by molar-refractivity contribution is 0.0929. The topological polar surface area (TPSA) is 40.5 Å². The van der Waals surface area contributed by atoms with Crippen molar-refractivity contribution in [3.63, 3.8) is 0 Å². The zero-order valence-corrected chi connectivity index (χ0v) is 12.8. The van der Waals surface area contributed by atoms with E-state index in [1.54, 1.807) is 18.2 Å². The first-order chi connectivity index (χ1) is 9.69. The second-order valence-electron chi connectivity index (χ2n) is 4.76. The summed E-state index contributed by atoms with van der Waals surface area (Å²) in [5, 5.41) is 9.42. The Balaban J connectivity index is 0.00000220. The third kappa shape index (κ3) is 5.21. The molecule has 112 valence electrons. The van der Waals surface area contributed by atoms with Crippen molar-refractivity contribution in [1.29, 1.82) is 0 Å². The van der Waals surface area contributed by atoms with Crippen molar-refractivity contribution in [2.24, 2.45) is 0 Å². The van der Waals surface area contributed by atoms with Gasteiger partial charge in [-0.15, -0.1) is 12.4 Å². The van der Waals surface area contributed by atoms with Gasteiger partial charge in [-0.2, -0.15) is 0 Å². The van der Waals surface area contributed by atoms with Crippen LogP contribution in [0.1, 0.15) is 22.8 Å². The molecule has 0 aliphatic carbocycles. The molecule has 0 spiro atoms. The van der Waals surface area contributed by atoms with Gasteiger partial charge in [-0.1, -0.05) is 49.4 Å². The summed E-state index contributed by atoms with van der Waals surface area (Å²) in [5.74, 6) is 0.153. The number of likely N-dealkylation sites (N-methyl/N-ethyl adjacent to an activating group) is 1. The molecule has 3 nitrogen and oxygen atoms in total. The van der Waals surface area contributed by atoms with Gasteiger partial charge in [0, 0.05) is 12.1 Å². The highest BCUT2D eigenvalue weighted by molar-refractivity contribution is 5.97. The molecular weight excluding hydrogens is 286 g/mol. The molecule has 0 aliphatic rings. The molecule has 0 atom stereocenters. The third-order valence-electron chi connectivity index (χ3n) is 3.23. The molecule has 0 aliphatic heterocycles. The van der Waals surface area contributed by atoms with E-state index in [1.165, 1.54) is 11.6 Å². The zero-order valence-electron chi connectivity index (χ0n) is 12.0. The number of Topliss-reactive ketones (excluding diaryl/α,β-unsaturated/α-hetero) is 1. The second kappa shape index (κ2) is 8.45. The number of rotatable bonds is 6. The van der Waals surface area contributed by atoms with E-state index in [9.17, 15) is 9.90 Å². The lowest BCUT2D eigenvalue weighted by Crippen LogP contribution is -2.29. The Morgan fingerprint density at radius 1 is 1.10 bits per heavy atom. The van der Waals surface area contributed by atoms with E-state index in [0.717, 1.165) is 13.1 Å². The van der Waals surface area contributed by atoms with E-state index in [0.29, 0.717) is 12.1 Å². The van der Waals surface area contributed by atoms with Gasteiger partial charge in [0.1, 0.15) is 5.75 Å². The van der Waals surface area contributed by atoms with Crippen LogP contribution < -0.4 is 0 Å². The molecule has 0 unspecified atom stereocenters. The Hall–Kier alpha value is -1.84. The molecule has 2 aromatic carbocycles. The summed E-state index contributed by atoms with van der Waals surface area (Å²) in [6.07, 6.45) is 0. The number of hydrogen-bond acceptors (Lipinski definition) is 3. The molecule has 0 saturated heterocycles. The summed E-state index contributed by atoms with van der Waals surface area (Å²) >= 11 is 0. The average molecular weight is 306 g/mol. The van der Waals surface area contributed by atoms with Crippen molar-refractivity contribution in [3.05, 3.63) is 65.7 Å². The Labute approximate surface area is 131 Å². The predicted molar refractivity (Wildman–Crippen MR) is 87.1 cm³/mol. The molecular formula is C17H20ClNO2. The van der Waals surface area contributed by atoms with Crippen molar-refractivity contribution < 1.29 is 9.90 Å². The van der Waals surface area contributed by atoms with Crippen molar-refractivity contribution >= 4 is 18.2 Å². The van der Waals surface area contributed by atoms with E-state index < -0.39 is 0 Å². The van der Waals surface area contributed by atoms with Gasteiger partial charge in [-0.05, 0) is 24.2 Å². The molecule has 0 heterocycles. The first-order valence-corrected chi connectivity index (χ1v) is 6.77. The minimum atomic E-state index is 0. The van der Waals surface area contributed by atoms with Crippen molar-refractivity contribution in [2.45, 2.75) is 13.5 Å². The first-order valence-electron chi connectivity index (χ1n) is 6.77. The highest BCUT2D eigenvalue weighted by Crippen LogP contribution is 2.12. The number of carbonyl (C=O) groups is 1. The number of nitrogens with zero attached hydrogens (tertiary/aromatic N) is 1. The quantitative estimate of drug-likeness (QED) is 0.830. The van der Waals surface area contributed by atoms with Gasteiger partial charge in [0.25, 0.3) is 0 Å². The van der Waals surface area contributed by atoms with Crippen LogP contribution in [0, 0.1) is 0 Å². The van der Waals surface area contributed by atoms with Gasteiger partial charge in [-0.3, -0.25) is 9.69 Å². The molecule has 0 radical (unpaired) electrons. The fourth-order valence-electron chi connectivity index (χ4n) is 2.09. The van der Waals surface area contributed by atoms with Crippen LogP contribution in [-0.4, -0.2) is 28.9 Å². The normalized spacial score (nSPS) is 10.2. The summed E-state index contributed by atoms with van der Waals surface area (Å²) in [7, 11) is 0. The summed E-state index contributed by atoms with van der Waals surface area (Å²) in [5.41, 5.74) is 1.74. The van der Waals surface area contributed by atoms with Crippen LogP contribution in [0.2, 0.25) is 0 Å². The summed E-state index contributed by atoms with van der Waals surface area (Å²) in [6.45, 7) is 3.95. The Morgan fingerprint density at radius 2 is 1.81 bits per heavy atom. The molecule has 2 rings (SSSR count). The Kier molecular flexibility index (Phi) is 6.92. The number of benzene rings is 2. The number of hydrogen-bond donors (Lipinski definition) is 1. The molecule has 21 heavy (non-hydrogen) atoms. The first kappa shape index (κ1) is 17.2. The standard InChI is InChI=1S/C17H19NO2.ClH/c1-2-18(12-14-7-4-3-5-8-14)13-17(20)15-9-6-10-16(19)11-15;/h3-11,19H,2,12-13H2,1H3;1H. The van der Waals surface area contributed by atoms with Crippen LogP contribution in [-0.2, 0) is 6.54 Å².